The molecule has 1 amide bonds. The van der Waals surface area contributed by atoms with E-state index in [9.17, 15) is 32.3 Å². The number of hydrogen-bond acceptors (Lipinski definition) is 5. The van der Waals surface area contributed by atoms with E-state index >= 15 is 0 Å². The minimum atomic E-state index is -5.08. The molecule has 38 heavy (non-hydrogen) atoms. The zero-order valence-electron chi connectivity index (χ0n) is 20.5. The molecule has 2 aliphatic rings. The zero-order chi connectivity index (χ0) is 27.9. The van der Waals surface area contributed by atoms with Gasteiger partial charge in [-0.25, -0.2) is 14.0 Å². The summed E-state index contributed by atoms with van der Waals surface area (Å²) in [6.45, 7) is 3.95. The first-order valence-corrected chi connectivity index (χ1v) is 12.2. The van der Waals surface area contributed by atoms with Crippen LogP contribution in [0.5, 0.6) is 0 Å². The fourth-order valence-electron chi connectivity index (χ4n) is 4.66. The Hall–Kier alpha value is -3.67. The molecule has 0 spiro atoms. The number of carbonyl (C=O) groups is 3. The number of nitrogens with zero attached hydrogens (tertiary/aromatic N) is 2. The second kappa shape index (κ2) is 12.7. The maximum atomic E-state index is 13.9. The van der Waals surface area contributed by atoms with Crippen LogP contribution in [0.1, 0.15) is 52.8 Å². The number of anilines is 2. The molecule has 2 aromatic carbocycles. The summed E-state index contributed by atoms with van der Waals surface area (Å²) in [5, 5.41) is 19.5. The Kier molecular flexibility index (Phi) is 9.67. The number of piperidine rings is 2. The van der Waals surface area contributed by atoms with Crippen molar-refractivity contribution in [2.75, 3.05) is 36.4 Å². The van der Waals surface area contributed by atoms with E-state index in [1.54, 1.807) is 18.2 Å². The van der Waals surface area contributed by atoms with Gasteiger partial charge in [0.25, 0.3) is 5.91 Å². The molecule has 2 aromatic rings. The molecule has 0 bridgehead atoms. The van der Waals surface area contributed by atoms with E-state index in [-0.39, 0.29) is 11.1 Å². The third kappa shape index (κ3) is 7.67. The number of carboxylic acid groups (broad SMARTS) is 2. The van der Waals surface area contributed by atoms with Gasteiger partial charge in [0.1, 0.15) is 5.82 Å². The zero-order valence-corrected chi connectivity index (χ0v) is 20.5. The Morgan fingerprint density at radius 3 is 2.03 bits per heavy atom. The monoisotopic (exact) mass is 539 g/mol. The number of halogens is 4. The quantitative estimate of drug-likeness (QED) is 0.466. The Morgan fingerprint density at radius 2 is 1.47 bits per heavy atom. The van der Waals surface area contributed by atoms with Gasteiger partial charge in [0.05, 0.1) is 16.8 Å². The van der Waals surface area contributed by atoms with Crippen LogP contribution < -0.4 is 10.2 Å². The first-order valence-electron chi connectivity index (χ1n) is 12.2. The molecule has 206 valence electrons. The number of aliphatic carboxylic acids is 1. The summed E-state index contributed by atoms with van der Waals surface area (Å²) >= 11 is 0. The van der Waals surface area contributed by atoms with Crippen LogP contribution in [-0.4, -0.2) is 71.4 Å². The number of aromatic carboxylic acids is 1. The number of rotatable bonds is 5. The maximum absolute atomic E-state index is 13.9. The summed E-state index contributed by atoms with van der Waals surface area (Å²) in [6.07, 6.45) is 0.805. The van der Waals surface area contributed by atoms with Crippen molar-refractivity contribution in [2.45, 2.75) is 44.3 Å². The molecule has 0 aromatic heterocycles. The van der Waals surface area contributed by atoms with E-state index in [1.165, 1.54) is 56.6 Å². The number of alkyl halides is 3. The van der Waals surface area contributed by atoms with Gasteiger partial charge in [-0.05, 0) is 69.1 Å². The molecule has 4 rings (SSSR count). The number of nitrogens with one attached hydrogen (secondary N) is 1. The maximum Gasteiger partial charge on any atom is 0.490 e. The van der Waals surface area contributed by atoms with E-state index in [2.05, 4.69) is 15.1 Å². The Balaban J connectivity index is 0.000000505. The van der Waals surface area contributed by atoms with Gasteiger partial charge >= 0.3 is 18.1 Å². The standard InChI is InChI=1S/C24H28FN3O3.C2HF3O2/c25-21-7-3-2-6-19(21)23(29)26-17-8-9-22(20(16-17)24(30)31)28-14-10-18(11-15-28)27-12-4-1-5-13-27;3-2(4,5)1(6)7/h2-3,6-9,16,18H,1,4-5,10-15H2,(H,26,29)(H,30,31);(H,6,7). The van der Waals surface area contributed by atoms with Crippen LogP contribution in [0.15, 0.2) is 42.5 Å². The summed E-state index contributed by atoms with van der Waals surface area (Å²) in [6, 6.07) is 11.1. The predicted octanol–water partition coefficient (Wildman–Crippen LogP) is 4.86. The van der Waals surface area contributed by atoms with Crippen molar-refractivity contribution in [3.63, 3.8) is 0 Å². The van der Waals surface area contributed by atoms with Crippen molar-refractivity contribution in [3.05, 3.63) is 59.4 Å². The van der Waals surface area contributed by atoms with Crippen LogP contribution in [0.4, 0.5) is 28.9 Å². The van der Waals surface area contributed by atoms with Gasteiger partial charge in [0.15, 0.2) is 0 Å². The number of carboxylic acids is 2. The molecule has 2 aliphatic heterocycles. The summed E-state index contributed by atoms with van der Waals surface area (Å²) in [5.74, 6) is -5.03. The van der Waals surface area contributed by atoms with Crippen LogP contribution in [-0.2, 0) is 4.79 Å². The average molecular weight is 540 g/mol. The van der Waals surface area contributed by atoms with E-state index in [0.29, 0.717) is 17.4 Å². The Morgan fingerprint density at radius 1 is 0.868 bits per heavy atom. The van der Waals surface area contributed by atoms with Crippen LogP contribution in [0.25, 0.3) is 0 Å². The molecule has 12 heteroatoms. The molecule has 0 aliphatic carbocycles. The highest BCUT2D eigenvalue weighted by Crippen LogP contribution is 2.29. The lowest BCUT2D eigenvalue weighted by molar-refractivity contribution is -0.192. The van der Waals surface area contributed by atoms with E-state index < -0.39 is 29.8 Å². The smallest absolute Gasteiger partial charge is 0.478 e. The number of benzene rings is 2. The van der Waals surface area contributed by atoms with Crippen molar-refractivity contribution in [1.29, 1.82) is 0 Å². The Bertz CT molecular complexity index is 1140. The second-order valence-corrected chi connectivity index (χ2v) is 9.09. The molecule has 8 nitrogen and oxygen atoms in total. The first kappa shape index (κ1) is 28.9. The molecule has 0 unspecified atom stereocenters. The molecular formula is C26H29F4N3O5. The number of carbonyl (C=O) groups excluding carboxylic acids is 1. The lowest BCUT2D eigenvalue weighted by atomic mass is 9.98. The number of likely N-dealkylation sites (tertiary alicyclic amines) is 1. The third-order valence-electron chi connectivity index (χ3n) is 6.56. The summed E-state index contributed by atoms with van der Waals surface area (Å²) in [4.78, 5) is 37.9. The van der Waals surface area contributed by atoms with Gasteiger partial charge < -0.3 is 25.3 Å². The summed E-state index contributed by atoms with van der Waals surface area (Å²) in [5.41, 5.74) is 1.05. The van der Waals surface area contributed by atoms with Crippen molar-refractivity contribution >= 4 is 29.2 Å². The van der Waals surface area contributed by atoms with Crippen LogP contribution in [0.2, 0.25) is 0 Å². The van der Waals surface area contributed by atoms with Crippen molar-refractivity contribution < 1.29 is 42.2 Å². The number of amides is 1. The third-order valence-corrected chi connectivity index (χ3v) is 6.56. The molecule has 2 fully saturated rings. The highest BCUT2D eigenvalue weighted by Gasteiger charge is 2.38. The molecular weight excluding hydrogens is 510 g/mol. The van der Waals surface area contributed by atoms with Gasteiger partial charge in [-0.15, -0.1) is 0 Å². The van der Waals surface area contributed by atoms with Crippen LogP contribution >= 0.6 is 0 Å². The molecule has 3 N–H and O–H groups in total. The second-order valence-electron chi connectivity index (χ2n) is 9.09. The average Bonchev–Trinajstić information content (AvgIpc) is 2.89. The van der Waals surface area contributed by atoms with Gasteiger partial charge in [0, 0.05) is 24.8 Å². The van der Waals surface area contributed by atoms with Gasteiger partial charge in [-0.2, -0.15) is 13.2 Å². The minimum absolute atomic E-state index is 0.0803. The first-order chi connectivity index (χ1) is 18.0. The molecule has 2 heterocycles. The molecule has 2 saturated heterocycles. The summed E-state index contributed by atoms with van der Waals surface area (Å²) < 4.78 is 45.6. The SMILES string of the molecule is O=C(Nc1ccc(N2CCC(N3CCCCC3)CC2)c(C(=O)O)c1)c1ccccc1F.O=C(O)C(F)(F)F. The Labute approximate surface area is 216 Å². The molecule has 0 saturated carbocycles. The van der Waals surface area contributed by atoms with Crippen molar-refractivity contribution in [3.8, 4) is 0 Å². The highest BCUT2D eigenvalue weighted by atomic mass is 19.4. The largest absolute Gasteiger partial charge is 0.490 e. The lowest BCUT2D eigenvalue weighted by Gasteiger charge is -2.41. The van der Waals surface area contributed by atoms with E-state index in [4.69, 9.17) is 9.90 Å². The van der Waals surface area contributed by atoms with Gasteiger partial charge in [-0.3, -0.25) is 4.79 Å². The van der Waals surface area contributed by atoms with Crippen molar-refractivity contribution in [1.82, 2.24) is 4.90 Å². The fraction of sp³-hybridized carbons (Fsp3) is 0.423. The predicted molar refractivity (Wildman–Crippen MR) is 132 cm³/mol. The number of hydrogen-bond donors (Lipinski definition) is 3. The van der Waals surface area contributed by atoms with Crippen LogP contribution in [0, 0.1) is 5.82 Å². The van der Waals surface area contributed by atoms with Crippen molar-refractivity contribution in [2.24, 2.45) is 0 Å². The van der Waals surface area contributed by atoms with E-state index in [0.717, 1.165) is 25.9 Å². The minimum Gasteiger partial charge on any atom is -0.478 e. The fourth-order valence-corrected chi connectivity index (χ4v) is 4.66. The molecule has 0 atom stereocenters. The normalized spacial score (nSPS) is 16.8. The topological polar surface area (TPSA) is 110 Å². The highest BCUT2D eigenvalue weighted by molar-refractivity contribution is 6.05. The molecule has 0 radical (unpaired) electrons. The summed E-state index contributed by atoms with van der Waals surface area (Å²) in [7, 11) is 0. The van der Waals surface area contributed by atoms with E-state index in [1.807, 2.05) is 0 Å². The lowest BCUT2D eigenvalue weighted by Crippen LogP contribution is -2.47. The van der Waals surface area contributed by atoms with Gasteiger partial charge in [0.2, 0.25) is 0 Å². The van der Waals surface area contributed by atoms with Crippen LogP contribution in [0.3, 0.4) is 0 Å². The van der Waals surface area contributed by atoms with Gasteiger partial charge in [-0.1, -0.05) is 18.6 Å².